The Morgan fingerprint density at radius 1 is 1.13 bits per heavy atom. The number of Topliss-reactive ketones (excluding diaryl/α,β-unsaturated/α-hetero) is 1. The molecule has 4 aliphatic rings. The van der Waals surface area contributed by atoms with Gasteiger partial charge in [-0.2, -0.15) is 0 Å². The minimum Gasteiger partial charge on any atom is -0.298 e. The summed E-state index contributed by atoms with van der Waals surface area (Å²) in [6.45, 7) is 4.75. The first-order valence-electron chi connectivity index (χ1n) is 11.7. The standard InChI is InChI=1S/C27H31ClO2S/c1-26-13-11-18(29)15-17(26)7-8-19-20-9-10-22(27(20,2)14-12-21(19)26)24(30)16-31-25-6-4-3-5-23(25)28/h3-6,11,13,15,19-22H,7-10,12,14,16H2,1-2H3. The van der Waals surface area contributed by atoms with Crippen LogP contribution in [0.15, 0.2) is 53.0 Å². The molecule has 6 atom stereocenters. The molecule has 4 heteroatoms. The predicted molar refractivity (Wildman–Crippen MR) is 127 cm³/mol. The molecular formula is C27H31ClO2S. The van der Waals surface area contributed by atoms with E-state index in [0.29, 0.717) is 29.3 Å². The van der Waals surface area contributed by atoms with Crippen molar-refractivity contribution in [2.45, 2.75) is 57.3 Å². The SMILES string of the molecule is CC12C=CC(=O)C=C1CCC1C2CCC2(C)C(C(=O)CSc3ccccc3Cl)CCC12. The van der Waals surface area contributed by atoms with Crippen LogP contribution in [0.1, 0.15) is 52.4 Å². The van der Waals surface area contributed by atoms with E-state index < -0.39 is 0 Å². The molecule has 0 heterocycles. The van der Waals surface area contributed by atoms with E-state index in [0.717, 1.165) is 35.6 Å². The van der Waals surface area contributed by atoms with Gasteiger partial charge in [-0.15, -0.1) is 11.8 Å². The third kappa shape index (κ3) is 3.47. The van der Waals surface area contributed by atoms with Gasteiger partial charge >= 0.3 is 0 Å². The summed E-state index contributed by atoms with van der Waals surface area (Å²) in [7, 11) is 0. The van der Waals surface area contributed by atoms with E-state index in [-0.39, 0.29) is 22.5 Å². The van der Waals surface area contributed by atoms with Crippen LogP contribution in [0, 0.1) is 34.5 Å². The topological polar surface area (TPSA) is 34.1 Å². The summed E-state index contributed by atoms with van der Waals surface area (Å²) in [5, 5.41) is 0.731. The van der Waals surface area contributed by atoms with Crippen LogP contribution in [0.4, 0.5) is 0 Å². The van der Waals surface area contributed by atoms with Crippen molar-refractivity contribution in [2.75, 3.05) is 5.75 Å². The zero-order valence-electron chi connectivity index (χ0n) is 18.4. The molecule has 6 unspecified atom stereocenters. The van der Waals surface area contributed by atoms with E-state index in [1.807, 2.05) is 30.3 Å². The van der Waals surface area contributed by atoms with Crippen molar-refractivity contribution in [1.29, 1.82) is 0 Å². The van der Waals surface area contributed by atoms with E-state index in [4.69, 9.17) is 11.6 Å². The fourth-order valence-corrected chi connectivity index (χ4v) is 8.72. The van der Waals surface area contributed by atoms with Gasteiger partial charge in [0.05, 0.1) is 10.8 Å². The van der Waals surface area contributed by atoms with Crippen LogP contribution in [0.5, 0.6) is 0 Å². The van der Waals surface area contributed by atoms with Gasteiger partial charge in [0.15, 0.2) is 5.78 Å². The number of allylic oxidation sites excluding steroid dienone is 4. The van der Waals surface area contributed by atoms with Gasteiger partial charge in [-0.25, -0.2) is 0 Å². The number of fused-ring (bicyclic) bond motifs is 5. The number of hydrogen-bond donors (Lipinski definition) is 0. The van der Waals surface area contributed by atoms with Crippen LogP contribution < -0.4 is 0 Å². The Labute approximate surface area is 194 Å². The summed E-state index contributed by atoms with van der Waals surface area (Å²) >= 11 is 7.88. The highest BCUT2D eigenvalue weighted by atomic mass is 35.5. The highest BCUT2D eigenvalue weighted by molar-refractivity contribution is 8.00. The summed E-state index contributed by atoms with van der Waals surface area (Å²) < 4.78 is 0. The van der Waals surface area contributed by atoms with Crippen molar-refractivity contribution in [1.82, 2.24) is 0 Å². The maximum atomic E-state index is 13.4. The van der Waals surface area contributed by atoms with Gasteiger partial charge in [-0.3, -0.25) is 9.59 Å². The smallest absolute Gasteiger partial charge is 0.178 e. The zero-order valence-corrected chi connectivity index (χ0v) is 20.0. The van der Waals surface area contributed by atoms with Crippen molar-refractivity contribution >= 4 is 34.9 Å². The molecule has 3 fully saturated rings. The number of rotatable bonds is 4. The Morgan fingerprint density at radius 2 is 1.94 bits per heavy atom. The molecule has 5 rings (SSSR count). The van der Waals surface area contributed by atoms with Gasteiger partial charge in [0.25, 0.3) is 0 Å². The maximum absolute atomic E-state index is 13.4. The first-order valence-corrected chi connectivity index (χ1v) is 13.0. The van der Waals surface area contributed by atoms with E-state index in [9.17, 15) is 9.59 Å². The van der Waals surface area contributed by atoms with Gasteiger partial charge in [0.2, 0.25) is 0 Å². The minimum absolute atomic E-state index is 0.0279. The molecule has 2 nitrogen and oxygen atoms in total. The highest BCUT2D eigenvalue weighted by Crippen LogP contribution is 2.66. The van der Waals surface area contributed by atoms with Gasteiger partial charge in [0.1, 0.15) is 5.78 Å². The average Bonchev–Trinajstić information content (AvgIpc) is 3.11. The number of halogens is 1. The van der Waals surface area contributed by atoms with Gasteiger partial charge < -0.3 is 0 Å². The lowest BCUT2D eigenvalue weighted by molar-refractivity contribution is -0.126. The van der Waals surface area contributed by atoms with Gasteiger partial charge in [0, 0.05) is 16.2 Å². The van der Waals surface area contributed by atoms with Crippen molar-refractivity contribution in [3.63, 3.8) is 0 Å². The average molecular weight is 455 g/mol. The van der Waals surface area contributed by atoms with E-state index in [1.165, 1.54) is 18.4 Å². The van der Waals surface area contributed by atoms with Crippen LogP contribution >= 0.6 is 23.4 Å². The molecule has 0 amide bonds. The third-order valence-corrected chi connectivity index (χ3v) is 10.7. The summed E-state index contributed by atoms with van der Waals surface area (Å²) in [5.41, 5.74) is 1.48. The Morgan fingerprint density at radius 3 is 2.74 bits per heavy atom. The largest absolute Gasteiger partial charge is 0.298 e. The fourth-order valence-electron chi connectivity index (χ4n) is 7.54. The van der Waals surface area contributed by atoms with Crippen LogP contribution in [0.25, 0.3) is 0 Å². The van der Waals surface area contributed by atoms with Crippen LogP contribution in [0.2, 0.25) is 5.02 Å². The molecule has 164 valence electrons. The summed E-state index contributed by atoms with van der Waals surface area (Å²) in [5.74, 6) is 3.11. The normalized spacial score (nSPS) is 38.8. The van der Waals surface area contributed by atoms with E-state index >= 15 is 0 Å². The number of carbonyl (C=O) groups is 2. The van der Waals surface area contributed by atoms with Crippen molar-refractivity contribution in [3.05, 3.63) is 53.1 Å². The zero-order chi connectivity index (χ0) is 21.8. The van der Waals surface area contributed by atoms with Gasteiger partial charge in [-0.05, 0) is 86.0 Å². The van der Waals surface area contributed by atoms with E-state index in [1.54, 1.807) is 17.8 Å². The Kier molecular flexibility index (Phi) is 5.50. The van der Waals surface area contributed by atoms with Crippen molar-refractivity contribution in [3.8, 4) is 0 Å². The Balaban J connectivity index is 1.33. The van der Waals surface area contributed by atoms with Crippen LogP contribution in [0.3, 0.4) is 0 Å². The third-order valence-electron chi connectivity index (χ3n) is 9.15. The number of thioether (sulfide) groups is 1. The van der Waals surface area contributed by atoms with Crippen molar-refractivity contribution < 1.29 is 9.59 Å². The summed E-state index contributed by atoms with van der Waals surface area (Å²) in [6, 6.07) is 7.80. The first kappa shape index (κ1) is 21.5. The lowest BCUT2D eigenvalue weighted by Crippen LogP contribution is -2.50. The molecule has 3 saturated carbocycles. The summed E-state index contributed by atoms with van der Waals surface area (Å²) in [6.07, 6.45) is 12.6. The lowest BCUT2D eigenvalue weighted by atomic mass is 9.47. The molecule has 1 aromatic rings. The second kappa shape index (κ2) is 7.92. The lowest BCUT2D eigenvalue weighted by Gasteiger charge is -2.57. The molecule has 0 aliphatic heterocycles. The highest BCUT2D eigenvalue weighted by Gasteiger charge is 2.59. The second-order valence-corrected chi connectivity index (χ2v) is 11.9. The molecule has 0 spiro atoms. The molecule has 4 aliphatic carbocycles. The van der Waals surface area contributed by atoms with Gasteiger partial charge in [-0.1, -0.05) is 49.2 Å². The molecule has 31 heavy (non-hydrogen) atoms. The number of benzene rings is 1. The number of carbonyl (C=O) groups excluding carboxylic acids is 2. The Bertz CT molecular complexity index is 981. The molecular weight excluding hydrogens is 424 g/mol. The summed E-state index contributed by atoms with van der Waals surface area (Å²) in [4.78, 5) is 26.3. The predicted octanol–water partition coefficient (Wildman–Crippen LogP) is 6.93. The monoisotopic (exact) mass is 454 g/mol. The fraction of sp³-hybridized carbons (Fsp3) is 0.556. The Hall–Kier alpha value is -1.32. The maximum Gasteiger partial charge on any atom is 0.178 e. The van der Waals surface area contributed by atoms with Crippen LogP contribution in [-0.4, -0.2) is 17.3 Å². The molecule has 0 N–H and O–H groups in total. The number of hydrogen-bond acceptors (Lipinski definition) is 3. The molecule has 1 aromatic carbocycles. The first-order chi connectivity index (χ1) is 14.8. The second-order valence-electron chi connectivity index (χ2n) is 10.5. The quantitative estimate of drug-likeness (QED) is 0.462. The molecule has 0 saturated heterocycles. The molecule has 0 radical (unpaired) electrons. The molecule has 0 bridgehead atoms. The molecule has 0 aromatic heterocycles. The number of ketones is 2. The van der Waals surface area contributed by atoms with Crippen molar-refractivity contribution in [2.24, 2.45) is 34.5 Å². The minimum atomic E-state index is 0.0279. The van der Waals surface area contributed by atoms with E-state index in [2.05, 4.69) is 19.9 Å². The van der Waals surface area contributed by atoms with Crippen LogP contribution in [-0.2, 0) is 9.59 Å².